The Morgan fingerprint density at radius 1 is 1.05 bits per heavy atom. The van der Waals surface area contributed by atoms with Gasteiger partial charge in [-0.1, -0.05) is 37.3 Å². The van der Waals surface area contributed by atoms with Crippen LogP contribution in [0.5, 0.6) is 0 Å². The van der Waals surface area contributed by atoms with Gasteiger partial charge in [-0.05, 0) is 5.56 Å². The Balaban J connectivity index is 3.28. The van der Waals surface area contributed by atoms with E-state index in [2.05, 4.69) is 9.47 Å². The highest BCUT2D eigenvalue weighted by Gasteiger charge is 2.40. The lowest BCUT2D eigenvalue weighted by molar-refractivity contribution is -0.160. The summed E-state index contributed by atoms with van der Waals surface area (Å²) in [6, 6.07) is 8.92. The number of ether oxygens (including phenoxy) is 2. The highest BCUT2D eigenvalue weighted by Crippen LogP contribution is 2.33. The molecule has 0 amide bonds. The molecular formula is C15H18O5. The summed E-state index contributed by atoms with van der Waals surface area (Å²) in [4.78, 5) is 35.0. The van der Waals surface area contributed by atoms with Crippen LogP contribution in [0.4, 0.5) is 0 Å². The molecule has 0 aromatic heterocycles. The van der Waals surface area contributed by atoms with Crippen LogP contribution < -0.4 is 0 Å². The maximum absolute atomic E-state index is 11.9. The monoisotopic (exact) mass is 278 g/mol. The van der Waals surface area contributed by atoms with E-state index in [1.807, 2.05) is 6.07 Å². The van der Waals surface area contributed by atoms with Crippen molar-refractivity contribution < 1.29 is 23.9 Å². The maximum atomic E-state index is 11.9. The summed E-state index contributed by atoms with van der Waals surface area (Å²) in [5, 5.41) is 0. The standard InChI is InChI=1S/C15H18O5/c1-10(9-16)12(11-7-5-4-6-8-11)13(14(17)19-2)15(18)20-3/h4-10,12-13H,1-3H3. The zero-order chi connectivity index (χ0) is 15.1. The van der Waals surface area contributed by atoms with E-state index < -0.39 is 29.7 Å². The zero-order valence-corrected chi connectivity index (χ0v) is 11.7. The average molecular weight is 278 g/mol. The molecule has 1 aromatic rings. The van der Waals surface area contributed by atoms with Crippen molar-refractivity contribution in [3.8, 4) is 0 Å². The van der Waals surface area contributed by atoms with E-state index in [9.17, 15) is 14.4 Å². The molecule has 20 heavy (non-hydrogen) atoms. The van der Waals surface area contributed by atoms with Crippen LogP contribution in [0.2, 0.25) is 0 Å². The van der Waals surface area contributed by atoms with Crippen molar-refractivity contribution in [2.45, 2.75) is 12.8 Å². The molecule has 0 fully saturated rings. The van der Waals surface area contributed by atoms with Gasteiger partial charge in [-0.15, -0.1) is 0 Å². The third-order valence-corrected chi connectivity index (χ3v) is 3.23. The van der Waals surface area contributed by atoms with Crippen LogP contribution >= 0.6 is 0 Å². The van der Waals surface area contributed by atoms with Crippen molar-refractivity contribution >= 4 is 18.2 Å². The van der Waals surface area contributed by atoms with E-state index in [1.165, 1.54) is 14.2 Å². The van der Waals surface area contributed by atoms with Crippen LogP contribution in [0.3, 0.4) is 0 Å². The molecular weight excluding hydrogens is 260 g/mol. The van der Waals surface area contributed by atoms with Gasteiger partial charge in [0.2, 0.25) is 0 Å². The Morgan fingerprint density at radius 2 is 1.55 bits per heavy atom. The minimum Gasteiger partial charge on any atom is -0.468 e. The lowest BCUT2D eigenvalue weighted by atomic mass is 9.78. The molecule has 108 valence electrons. The molecule has 0 aliphatic carbocycles. The molecule has 0 radical (unpaired) electrons. The number of benzene rings is 1. The summed E-state index contributed by atoms with van der Waals surface area (Å²) >= 11 is 0. The van der Waals surface area contributed by atoms with Gasteiger partial charge in [0.15, 0.2) is 5.92 Å². The number of esters is 2. The van der Waals surface area contributed by atoms with E-state index in [0.717, 1.165) is 6.29 Å². The average Bonchev–Trinajstić information content (AvgIpc) is 2.51. The van der Waals surface area contributed by atoms with Crippen molar-refractivity contribution in [2.75, 3.05) is 14.2 Å². The van der Waals surface area contributed by atoms with Crippen molar-refractivity contribution in [3.63, 3.8) is 0 Å². The van der Waals surface area contributed by atoms with Gasteiger partial charge in [0.05, 0.1) is 14.2 Å². The fraction of sp³-hybridized carbons (Fsp3) is 0.400. The first kappa shape index (κ1) is 15.9. The van der Waals surface area contributed by atoms with Gasteiger partial charge in [-0.25, -0.2) is 0 Å². The summed E-state index contributed by atoms with van der Waals surface area (Å²) in [7, 11) is 2.40. The maximum Gasteiger partial charge on any atom is 0.320 e. The summed E-state index contributed by atoms with van der Waals surface area (Å²) < 4.78 is 9.35. The molecule has 0 saturated heterocycles. The number of carbonyl (C=O) groups excluding carboxylic acids is 3. The zero-order valence-electron chi connectivity index (χ0n) is 11.7. The van der Waals surface area contributed by atoms with Gasteiger partial charge >= 0.3 is 11.9 Å². The summed E-state index contributed by atoms with van der Waals surface area (Å²) in [5.74, 6) is -3.72. The number of carbonyl (C=O) groups is 3. The number of hydrogen-bond acceptors (Lipinski definition) is 5. The predicted molar refractivity (Wildman–Crippen MR) is 71.9 cm³/mol. The van der Waals surface area contributed by atoms with Crippen LogP contribution in [0.25, 0.3) is 0 Å². The molecule has 0 spiro atoms. The Labute approximate surface area is 117 Å². The van der Waals surface area contributed by atoms with Crippen LogP contribution in [0, 0.1) is 11.8 Å². The molecule has 0 N–H and O–H groups in total. The van der Waals surface area contributed by atoms with Crippen LogP contribution in [-0.2, 0) is 23.9 Å². The number of methoxy groups -OCH3 is 2. The van der Waals surface area contributed by atoms with E-state index >= 15 is 0 Å². The normalized spacial score (nSPS) is 13.4. The minimum atomic E-state index is -1.16. The van der Waals surface area contributed by atoms with E-state index in [4.69, 9.17) is 0 Å². The fourth-order valence-electron chi connectivity index (χ4n) is 2.20. The molecule has 5 nitrogen and oxygen atoms in total. The van der Waals surface area contributed by atoms with Gasteiger partial charge in [0, 0.05) is 11.8 Å². The third-order valence-electron chi connectivity index (χ3n) is 3.23. The lowest BCUT2D eigenvalue weighted by Crippen LogP contribution is -2.35. The highest BCUT2D eigenvalue weighted by molar-refractivity contribution is 5.96. The number of hydrogen-bond donors (Lipinski definition) is 0. The molecule has 2 unspecified atom stereocenters. The van der Waals surface area contributed by atoms with Gasteiger partial charge in [0.25, 0.3) is 0 Å². The van der Waals surface area contributed by atoms with Crippen LogP contribution in [-0.4, -0.2) is 32.4 Å². The van der Waals surface area contributed by atoms with E-state index in [0.29, 0.717) is 5.56 Å². The Bertz CT molecular complexity index is 452. The van der Waals surface area contributed by atoms with Gasteiger partial charge < -0.3 is 14.3 Å². The van der Waals surface area contributed by atoms with Crippen LogP contribution in [0.1, 0.15) is 18.4 Å². The number of rotatable bonds is 6. The van der Waals surface area contributed by atoms with E-state index in [-0.39, 0.29) is 0 Å². The molecule has 0 aliphatic heterocycles. The van der Waals surface area contributed by atoms with Crippen molar-refractivity contribution in [1.29, 1.82) is 0 Å². The largest absolute Gasteiger partial charge is 0.468 e. The van der Waals surface area contributed by atoms with Crippen molar-refractivity contribution in [1.82, 2.24) is 0 Å². The first-order valence-electron chi connectivity index (χ1n) is 6.22. The highest BCUT2D eigenvalue weighted by atomic mass is 16.5. The molecule has 2 atom stereocenters. The number of aldehydes is 1. The quantitative estimate of drug-likeness (QED) is 0.449. The SMILES string of the molecule is COC(=O)C(C(=O)OC)C(c1ccccc1)C(C)C=O. The molecule has 0 bridgehead atoms. The van der Waals surface area contributed by atoms with Gasteiger partial charge in [-0.2, -0.15) is 0 Å². The third kappa shape index (κ3) is 3.44. The van der Waals surface area contributed by atoms with Crippen LogP contribution in [0.15, 0.2) is 30.3 Å². The predicted octanol–water partition coefficient (Wildman–Crippen LogP) is 1.57. The van der Waals surface area contributed by atoms with Crippen molar-refractivity contribution in [2.24, 2.45) is 11.8 Å². The molecule has 0 aliphatic rings. The second-order valence-corrected chi connectivity index (χ2v) is 4.46. The molecule has 1 aromatic carbocycles. The fourth-order valence-corrected chi connectivity index (χ4v) is 2.20. The van der Waals surface area contributed by atoms with Gasteiger partial charge in [-0.3, -0.25) is 9.59 Å². The first-order chi connectivity index (χ1) is 9.56. The van der Waals surface area contributed by atoms with Crippen molar-refractivity contribution in [3.05, 3.63) is 35.9 Å². The van der Waals surface area contributed by atoms with E-state index in [1.54, 1.807) is 31.2 Å². The second-order valence-electron chi connectivity index (χ2n) is 4.46. The summed E-state index contributed by atoms with van der Waals surface area (Å²) in [6.45, 7) is 1.66. The Hall–Kier alpha value is -2.17. The topological polar surface area (TPSA) is 69.7 Å². The smallest absolute Gasteiger partial charge is 0.320 e. The molecule has 1 rings (SSSR count). The minimum absolute atomic E-state index is 0.527. The summed E-state index contributed by atoms with van der Waals surface area (Å²) in [6.07, 6.45) is 0.719. The molecule has 0 heterocycles. The Kier molecular flexibility index (Phi) is 5.90. The molecule has 0 saturated carbocycles. The first-order valence-corrected chi connectivity index (χ1v) is 6.22. The lowest BCUT2D eigenvalue weighted by Gasteiger charge is -2.26. The second kappa shape index (κ2) is 7.43. The Morgan fingerprint density at radius 3 is 1.95 bits per heavy atom. The molecule has 5 heteroatoms. The van der Waals surface area contributed by atoms with Gasteiger partial charge in [0.1, 0.15) is 6.29 Å². The summed E-state index contributed by atoms with van der Waals surface area (Å²) in [5.41, 5.74) is 0.716.